The standard InChI is InChI=1S/C17H18FN2O8P/c1-24-12-5-3-2-4-10(12)8-25-29(23)26-9-14-13(28-29)6-15(27-14)20-7-11(18)16(21)19-17(20)22/h2-5,7,13-15,23H,6,8-9H2,1H3/p+1/t13-,14+,15+,29?/m0/s1. The second-order valence-corrected chi connectivity index (χ2v) is 8.17. The number of para-hydroxylation sites is 1. The lowest BCUT2D eigenvalue weighted by atomic mass is 10.2. The Kier molecular flexibility index (Phi) is 5.52. The highest BCUT2D eigenvalue weighted by Crippen LogP contribution is 2.63. The third-order valence-electron chi connectivity index (χ3n) is 4.66. The number of fused-ring (bicyclic) bond motifs is 1. The summed E-state index contributed by atoms with van der Waals surface area (Å²) >= 11 is 0. The average Bonchev–Trinajstić information content (AvgIpc) is 3.12. The number of ether oxygens (including phenoxy) is 2. The molecule has 10 nitrogen and oxygen atoms in total. The molecule has 2 aliphatic heterocycles. The number of nitrogens with zero attached hydrogens (tertiary/aromatic N) is 1. The fourth-order valence-electron chi connectivity index (χ4n) is 3.22. The Balaban J connectivity index is 1.44. The number of aromatic nitrogens is 2. The lowest BCUT2D eigenvalue weighted by Crippen LogP contribution is -2.35. The van der Waals surface area contributed by atoms with Crippen LogP contribution >= 0.6 is 8.17 Å². The molecular formula is C17H19FN2O8P+. The summed E-state index contributed by atoms with van der Waals surface area (Å²) < 4.78 is 41.9. The first-order valence-corrected chi connectivity index (χ1v) is 10.3. The minimum absolute atomic E-state index is 0.000551. The van der Waals surface area contributed by atoms with Crippen LogP contribution in [0.3, 0.4) is 0 Å². The van der Waals surface area contributed by atoms with Crippen LogP contribution in [0.1, 0.15) is 18.2 Å². The van der Waals surface area contributed by atoms with Crippen molar-refractivity contribution in [2.45, 2.75) is 31.5 Å². The third kappa shape index (κ3) is 4.11. The summed E-state index contributed by atoms with van der Waals surface area (Å²) in [7, 11) is -2.11. The normalized spacial score (nSPS) is 28.9. The molecule has 1 aromatic carbocycles. The molecule has 0 amide bonds. The molecule has 2 fully saturated rings. The van der Waals surface area contributed by atoms with Crippen LogP contribution in [0.4, 0.5) is 4.39 Å². The quantitative estimate of drug-likeness (QED) is 0.682. The molecule has 0 aliphatic carbocycles. The highest BCUT2D eigenvalue weighted by atomic mass is 31.2. The number of H-pyrrole nitrogens is 1. The summed E-state index contributed by atoms with van der Waals surface area (Å²) in [6.07, 6.45) is -1.18. The van der Waals surface area contributed by atoms with E-state index < -0.39 is 43.7 Å². The van der Waals surface area contributed by atoms with Gasteiger partial charge in [0.2, 0.25) is 5.82 Å². The van der Waals surface area contributed by atoms with E-state index in [0.29, 0.717) is 11.3 Å². The molecule has 29 heavy (non-hydrogen) atoms. The van der Waals surface area contributed by atoms with Crippen LogP contribution < -0.4 is 16.0 Å². The summed E-state index contributed by atoms with van der Waals surface area (Å²) in [5, 5.41) is 0. The van der Waals surface area contributed by atoms with Crippen LogP contribution in [0.2, 0.25) is 0 Å². The number of rotatable bonds is 5. The molecule has 4 atom stereocenters. The first-order chi connectivity index (χ1) is 13.9. The highest BCUT2D eigenvalue weighted by molar-refractivity contribution is 7.55. The zero-order valence-corrected chi connectivity index (χ0v) is 16.2. The zero-order chi connectivity index (χ0) is 20.6. The van der Waals surface area contributed by atoms with Crippen molar-refractivity contribution in [1.82, 2.24) is 9.55 Å². The largest absolute Gasteiger partial charge is 0.573 e. The molecule has 0 spiro atoms. The van der Waals surface area contributed by atoms with Gasteiger partial charge in [0, 0.05) is 12.0 Å². The van der Waals surface area contributed by atoms with E-state index in [0.717, 1.165) is 10.8 Å². The summed E-state index contributed by atoms with van der Waals surface area (Å²) in [5.74, 6) is -0.512. The van der Waals surface area contributed by atoms with Crippen molar-refractivity contribution in [3.8, 4) is 5.75 Å². The van der Waals surface area contributed by atoms with Gasteiger partial charge in [-0.15, -0.1) is 9.05 Å². The number of halogens is 1. The molecular weight excluding hydrogens is 410 g/mol. The van der Waals surface area contributed by atoms with Crippen molar-refractivity contribution in [1.29, 1.82) is 0 Å². The van der Waals surface area contributed by atoms with E-state index in [-0.39, 0.29) is 19.6 Å². The van der Waals surface area contributed by atoms with Crippen molar-refractivity contribution in [2.24, 2.45) is 0 Å². The Morgan fingerprint density at radius 1 is 1.34 bits per heavy atom. The van der Waals surface area contributed by atoms with Crippen molar-refractivity contribution >= 4 is 8.17 Å². The van der Waals surface area contributed by atoms with E-state index in [2.05, 4.69) is 0 Å². The van der Waals surface area contributed by atoms with Crippen molar-refractivity contribution in [2.75, 3.05) is 13.7 Å². The van der Waals surface area contributed by atoms with E-state index in [1.54, 1.807) is 18.2 Å². The summed E-state index contributed by atoms with van der Waals surface area (Å²) in [5.41, 5.74) is -1.21. The van der Waals surface area contributed by atoms with Gasteiger partial charge < -0.3 is 9.47 Å². The minimum Gasteiger partial charge on any atom is -0.496 e. The van der Waals surface area contributed by atoms with Gasteiger partial charge in [-0.05, 0) is 6.07 Å². The van der Waals surface area contributed by atoms with Gasteiger partial charge in [-0.25, -0.2) is 4.79 Å². The summed E-state index contributed by atoms with van der Waals surface area (Å²) in [4.78, 5) is 35.6. The van der Waals surface area contributed by atoms with Crippen LogP contribution in [-0.4, -0.2) is 40.4 Å². The van der Waals surface area contributed by atoms with Crippen LogP contribution in [0.5, 0.6) is 5.75 Å². The Hall–Kier alpha value is -2.14. The Morgan fingerprint density at radius 2 is 2.14 bits per heavy atom. The topological polar surface area (TPSA) is 121 Å². The fourth-order valence-corrected chi connectivity index (χ4v) is 4.61. The molecule has 4 rings (SSSR count). The van der Waals surface area contributed by atoms with Crippen molar-refractivity contribution in [3.63, 3.8) is 0 Å². The van der Waals surface area contributed by atoms with Crippen LogP contribution in [0, 0.1) is 5.82 Å². The van der Waals surface area contributed by atoms with Crippen molar-refractivity contribution < 1.29 is 32.3 Å². The van der Waals surface area contributed by atoms with Gasteiger partial charge in [-0.3, -0.25) is 14.3 Å². The second-order valence-electron chi connectivity index (χ2n) is 6.50. The molecule has 2 aliphatic rings. The molecule has 0 saturated carbocycles. The lowest BCUT2D eigenvalue weighted by molar-refractivity contribution is -0.0829. The van der Waals surface area contributed by atoms with E-state index in [1.165, 1.54) is 7.11 Å². The number of hydrogen-bond acceptors (Lipinski definition) is 8. The molecule has 0 bridgehead atoms. The minimum atomic E-state index is -3.63. The Labute approximate surface area is 164 Å². The van der Waals surface area contributed by atoms with E-state index in [9.17, 15) is 18.9 Å². The van der Waals surface area contributed by atoms with Gasteiger partial charge in [-0.2, -0.15) is 13.8 Å². The summed E-state index contributed by atoms with van der Waals surface area (Å²) in [6, 6.07) is 7.15. The van der Waals surface area contributed by atoms with Gasteiger partial charge in [0.25, 0.3) is 5.56 Å². The third-order valence-corrected chi connectivity index (χ3v) is 6.13. The Morgan fingerprint density at radius 3 is 2.93 bits per heavy atom. The van der Waals surface area contributed by atoms with E-state index in [1.807, 2.05) is 11.1 Å². The van der Waals surface area contributed by atoms with Crippen LogP contribution in [-0.2, 0) is 24.9 Å². The van der Waals surface area contributed by atoms with Crippen LogP contribution in [0.25, 0.3) is 0 Å². The molecule has 0 radical (unpaired) electrons. The number of hydrogen-bond donors (Lipinski definition) is 2. The molecule has 2 aromatic rings. The first kappa shape index (κ1) is 20.1. The molecule has 156 valence electrons. The smallest absolute Gasteiger partial charge is 0.496 e. The maximum Gasteiger partial charge on any atom is 0.573 e. The fraction of sp³-hybridized carbons (Fsp3) is 0.412. The number of aromatic amines is 1. The molecule has 1 aromatic heterocycles. The molecule has 2 N–H and O–H groups in total. The maximum absolute atomic E-state index is 13.5. The molecule has 2 saturated heterocycles. The number of nitrogens with one attached hydrogen (secondary N) is 1. The lowest BCUT2D eigenvalue weighted by Gasteiger charge is -2.26. The maximum atomic E-state index is 13.5. The Bertz CT molecular complexity index is 1010. The number of methoxy groups -OCH3 is 1. The monoisotopic (exact) mass is 429 g/mol. The van der Waals surface area contributed by atoms with E-state index in [4.69, 9.17) is 23.0 Å². The first-order valence-electron chi connectivity index (χ1n) is 8.76. The summed E-state index contributed by atoms with van der Waals surface area (Å²) in [6.45, 7) is -0.0293. The SMILES string of the molecule is COc1ccccc1CO[P+]1(O)OC[C@H]2O[C@@H](n3cc(F)c(=O)[nH]c3=O)C[C@@H]2O1. The van der Waals surface area contributed by atoms with Gasteiger partial charge >= 0.3 is 13.9 Å². The second kappa shape index (κ2) is 7.94. The number of benzene rings is 1. The average molecular weight is 429 g/mol. The van der Waals surface area contributed by atoms with E-state index >= 15 is 0 Å². The van der Waals surface area contributed by atoms with Gasteiger partial charge in [-0.1, -0.05) is 18.2 Å². The van der Waals surface area contributed by atoms with Crippen molar-refractivity contribution in [3.05, 3.63) is 62.7 Å². The zero-order valence-electron chi connectivity index (χ0n) is 15.3. The predicted octanol–water partition coefficient (Wildman–Crippen LogP) is 1.27. The predicted molar refractivity (Wildman–Crippen MR) is 97.6 cm³/mol. The molecule has 1 unspecified atom stereocenters. The molecule has 12 heteroatoms. The van der Waals surface area contributed by atoms with Gasteiger partial charge in [0.1, 0.15) is 37.4 Å². The highest BCUT2D eigenvalue weighted by Gasteiger charge is 2.58. The van der Waals surface area contributed by atoms with Gasteiger partial charge in [0.15, 0.2) is 0 Å². The van der Waals surface area contributed by atoms with Crippen LogP contribution in [0.15, 0.2) is 40.1 Å². The molecule has 3 heterocycles. The van der Waals surface area contributed by atoms with Gasteiger partial charge in [0.05, 0.1) is 13.3 Å².